The van der Waals surface area contributed by atoms with Gasteiger partial charge in [0.1, 0.15) is 5.75 Å². The highest BCUT2D eigenvalue weighted by Gasteiger charge is 2.51. The van der Waals surface area contributed by atoms with Crippen LogP contribution in [0.15, 0.2) is 140 Å². The van der Waals surface area contributed by atoms with Crippen LogP contribution in [0.25, 0.3) is 44.5 Å². The van der Waals surface area contributed by atoms with Gasteiger partial charge in [0.15, 0.2) is 0 Å². The van der Waals surface area contributed by atoms with E-state index in [1.807, 2.05) is 0 Å². The molecule has 1 spiro atoms. The Hall–Kier alpha value is -4.88. The predicted octanol–water partition coefficient (Wildman–Crippen LogP) is 9.37. The molecule has 0 amide bonds. The second-order valence-electron chi connectivity index (χ2n) is 10.4. The molecule has 2 aliphatic rings. The van der Waals surface area contributed by atoms with Gasteiger partial charge in [0.25, 0.3) is 0 Å². The minimum atomic E-state index is -0.339. The Bertz CT molecular complexity index is 1830. The Balaban J connectivity index is 1.45. The lowest BCUT2D eigenvalue weighted by Crippen LogP contribution is -2.25. The summed E-state index contributed by atoms with van der Waals surface area (Å²) in [4.78, 5) is 0. The molecule has 0 unspecified atom stereocenters. The monoisotopic (exact) mass is 498 g/mol. The van der Waals surface area contributed by atoms with Gasteiger partial charge in [-0.3, -0.25) is 0 Å². The van der Waals surface area contributed by atoms with E-state index >= 15 is 0 Å². The largest absolute Gasteiger partial charge is 0.497 e. The molecule has 39 heavy (non-hydrogen) atoms. The first-order chi connectivity index (χ1) is 19.3. The van der Waals surface area contributed by atoms with E-state index in [0.717, 1.165) is 5.75 Å². The Morgan fingerprint density at radius 3 is 1.49 bits per heavy atom. The highest BCUT2D eigenvalue weighted by atomic mass is 16.5. The van der Waals surface area contributed by atoms with E-state index in [1.54, 1.807) is 7.11 Å². The van der Waals surface area contributed by atoms with E-state index in [1.165, 1.54) is 66.8 Å². The first kappa shape index (κ1) is 22.1. The number of ether oxygens (including phenoxy) is 1. The molecule has 0 fully saturated rings. The van der Waals surface area contributed by atoms with Crippen LogP contribution in [0.1, 0.15) is 22.3 Å². The van der Waals surface area contributed by atoms with Gasteiger partial charge in [-0.15, -0.1) is 0 Å². The molecular formula is C38H26O. The van der Waals surface area contributed by atoms with Gasteiger partial charge in [-0.2, -0.15) is 0 Å². The van der Waals surface area contributed by atoms with Crippen molar-refractivity contribution in [2.45, 2.75) is 5.41 Å². The third kappa shape index (κ3) is 2.96. The van der Waals surface area contributed by atoms with Gasteiger partial charge in [-0.1, -0.05) is 121 Å². The number of hydrogen-bond donors (Lipinski definition) is 0. The second kappa shape index (κ2) is 8.31. The van der Waals surface area contributed by atoms with Crippen LogP contribution in [0.2, 0.25) is 0 Å². The molecule has 0 aromatic heterocycles. The summed E-state index contributed by atoms with van der Waals surface area (Å²) in [7, 11) is 1.73. The average molecular weight is 499 g/mol. The van der Waals surface area contributed by atoms with Crippen LogP contribution in [0, 0.1) is 0 Å². The average Bonchev–Trinajstić information content (AvgIpc) is 3.48. The topological polar surface area (TPSA) is 9.23 Å². The molecule has 6 aromatic carbocycles. The fourth-order valence-corrected chi connectivity index (χ4v) is 7.02. The zero-order chi connectivity index (χ0) is 26.0. The summed E-state index contributed by atoms with van der Waals surface area (Å²) in [6.45, 7) is 0. The summed E-state index contributed by atoms with van der Waals surface area (Å²) in [5.74, 6) is 0.862. The molecule has 0 radical (unpaired) electrons. The van der Waals surface area contributed by atoms with E-state index < -0.39 is 0 Å². The van der Waals surface area contributed by atoms with Gasteiger partial charge in [0.05, 0.1) is 12.5 Å². The summed E-state index contributed by atoms with van der Waals surface area (Å²) in [6, 6.07) is 51.0. The van der Waals surface area contributed by atoms with Crippen molar-refractivity contribution in [3.05, 3.63) is 162 Å². The summed E-state index contributed by atoms with van der Waals surface area (Å²) in [5, 5.41) is 0. The first-order valence-corrected chi connectivity index (χ1v) is 13.5. The molecule has 1 heteroatoms. The second-order valence-corrected chi connectivity index (χ2v) is 10.4. The van der Waals surface area contributed by atoms with Gasteiger partial charge >= 0.3 is 0 Å². The lowest BCUT2D eigenvalue weighted by atomic mass is 9.70. The minimum Gasteiger partial charge on any atom is -0.497 e. The molecule has 0 bridgehead atoms. The smallest absolute Gasteiger partial charge is 0.119 e. The maximum absolute atomic E-state index is 5.64. The zero-order valence-corrected chi connectivity index (χ0v) is 21.7. The number of methoxy groups -OCH3 is 1. The van der Waals surface area contributed by atoms with Crippen LogP contribution in [-0.2, 0) is 5.41 Å². The molecule has 8 rings (SSSR count). The number of hydrogen-bond acceptors (Lipinski definition) is 1. The number of rotatable bonds is 3. The van der Waals surface area contributed by atoms with Crippen molar-refractivity contribution >= 4 is 0 Å². The third-order valence-corrected chi connectivity index (χ3v) is 8.62. The van der Waals surface area contributed by atoms with Gasteiger partial charge in [0.2, 0.25) is 0 Å². The van der Waals surface area contributed by atoms with Crippen molar-refractivity contribution in [2.24, 2.45) is 0 Å². The Morgan fingerprint density at radius 2 is 0.897 bits per heavy atom. The molecule has 0 heterocycles. The fourth-order valence-electron chi connectivity index (χ4n) is 7.02. The SMILES string of the molecule is COc1ccc(-c2ccc3c(c2)C2(c4ccccc4-c4ccccc42)c2ccccc2-3)c(-c2ccccc2)c1. The molecule has 0 atom stereocenters. The van der Waals surface area contributed by atoms with Crippen molar-refractivity contribution in [2.75, 3.05) is 7.11 Å². The maximum atomic E-state index is 5.64. The standard InChI is InChI=1S/C38H26O/c1-39-27-20-22-28(33(24-27)25-11-3-2-4-12-25)26-19-21-32-31-15-7-10-18-36(31)38(37(32)23-26)34-16-8-5-13-29(34)30-14-6-9-17-35(30)38/h2-24H,1H3. The van der Waals surface area contributed by atoms with E-state index in [0.29, 0.717) is 0 Å². The van der Waals surface area contributed by atoms with Crippen molar-refractivity contribution in [1.82, 2.24) is 0 Å². The van der Waals surface area contributed by atoms with Gasteiger partial charge in [0, 0.05) is 0 Å². The number of benzene rings is 6. The molecular weight excluding hydrogens is 472 g/mol. The van der Waals surface area contributed by atoms with Crippen LogP contribution < -0.4 is 4.74 Å². The van der Waals surface area contributed by atoms with Crippen molar-refractivity contribution in [3.8, 4) is 50.3 Å². The molecule has 0 saturated carbocycles. The molecule has 6 aromatic rings. The maximum Gasteiger partial charge on any atom is 0.119 e. The fraction of sp³-hybridized carbons (Fsp3) is 0.0526. The summed E-state index contributed by atoms with van der Waals surface area (Å²) >= 11 is 0. The van der Waals surface area contributed by atoms with Gasteiger partial charge in [-0.25, -0.2) is 0 Å². The Labute approximate surface area is 229 Å². The van der Waals surface area contributed by atoms with Gasteiger partial charge < -0.3 is 4.74 Å². The zero-order valence-electron chi connectivity index (χ0n) is 21.7. The number of fused-ring (bicyclic) bond motifs is 10. The molecule has 2 aliphatic carbocycles. The highest BCUT2D eigenvalue weighted by molar-refractivity contribution is 5.96. The lowest BCUT2D eigenvalue weighted by Gasteiger charge is -2.30. The lowest BCUT2D eigenvalue weighted by molar-refractivity contribution is 0.415. The minimum absolute atomic E-state index is 0.339. The van der Waals surface area contributed by atoms with E-state index in [2.05, 4.69) is 140 Å². The van der Waals surface area contributed by atoms with E-state index in [4.69, 9.17) is 4.74 Å². The molecule has 0 saturated heterocycles. The van der Waals surface area contributed by atoms with Crippen LogP contribution in [0.5, 0.6) is 5.75 Å². The van der Waals surface area contributed by atoms with Crippen LogP contribution >= 0.6 is 0 Å². The summed E-state index contributed by atoms with van der Waals surface area (Å²) in [5.41, 5.74) is 15.2. The quantitative estimate of drug-likeness (QED) is 0.236. The normalized spacial score (nSPS) is 13.5. The van der Waals surface area contributed by atoms with Crippen LogP contribution in [-0.4, -0.2) is 7.11 Å². The Kier molecular flexibility index (Phi) is 4.72. The molecule has 0 N–H and O–H groups in total. The molecule has 0 aliphatic heterocycles. The van der Waals surface area contributed by atoms with E-state index in [9.17, 15) is 0 Å². The van der Waals surface area contributed by atoms with E-state index in [-0.39, 0.29) is 5.41 Å². The summed E-state index contributed by atoms with van der Waals surface area (Å²) < 4.78 is 5.64. The summed E-state index contributed by atoms with van der Waals surface area (Å²) in [6.07, 6.45) is 0. The van der Waals surface area contributed by atoms with Crippen molar-refractivity contribution in [3.63, 3.8) is 0 Å². The molecule has 184 valence electrons. The first-order valence-electron chi connectivity index (χ1n) is 13.5. The van der Waals surface area contributed by atoms with Gasteiger partial charge in [-0.05, 0) is 85.0 Å². The van der Waals surface area contributed by atoms with Crippen molar-refractivity contribution < 1.29 is 4.74 Å². The highest BCUT2D eigenvalue weighted by Crippen LogP contribution is 2.63. The molecule has 1 nitrogen and oxygen atoms in total. The third-order valence-electron chi connectivity index (χ3n) is 8.62. The van der Waals surface area contributed by atoms with Crippen molar-refractivity contribution in [1.29, 1.82) is 0 Å². The van der Waals surface area contributed by atoms with Crippen LogP contribution in [0.3, 0.4) is 0 Å². The predicted molar refractivity (Wildman–Crippen MR) is 160 cm³/mol. The Morgan fingerprint density at radius 1 is 0.385 bits per heavy atom. The van der Waals surface area contributed by atoms with Crippen LogP contribution in [0.4, 0.5) is 0 Å².